The molecule has 0 saturated heterocycles. The third-order valence-corrected chi connectivity index (χ3v) is 4.62. The molecule has 3 N–H and O–H groups in total. The monoisotopic (exact) mass is 380 g/mol. The molecule has 0 saturated carbocycles. The average molecular weight is 380 g/mol. The molecule has 0 spiro atoms. The van der Waals surface area contributed by atoms with E-state index in [1.54, 1.807) is 31.2 Å². The zero-order valence-corrected chi connectivity index (χ0v) is 15.1. The first kappa shape index (κ1) is 19.9. The summed E-state index contributed by atoms with van der Waals surface area (Å²) in [5.74, 6) is -0.503. The van der Waals surface area contributed by atoms with Gasteiger partial charge in [-0.1, -0.05) is 24.3 Å². The molecular formula is C18H21FN2O4S. The minimum absolute atomic E-state index is 0.00520. The Bertz CT molecular complexity index is 871. The maximum absolute atomic E-state index is 13.4. The van der Waals surface area contributed by atoms with Crippen molar-refractivity contribution in [3.05, 3.63) is 59.9 Å². The number of amides is 1. The number of carbonyl (C=O) groups excluding carboxylic acids is 1. The number of para-hydroxylation sites is 1. The van der Waals surface area contributed by atoms with E-state index >= 15 is 0 Å². The molecule has 1 unspecified atom stereocenters. The van der Waals surface area contributed by atoms with Crippen molar-refractivity contribution < 1.29 is 22.3 Å². The van der Waals surface area contributed by atoms with Crippen molar-refractivity contribution >= 4 is 15.9 Å². The Kier molecular flexibility index (Phi) is 6.70. The fraction of sp³-hybridized carbons (Fsp3) is 0.278. The first-order valence-corrected chi connectivity index (χ1v) is 9.61. The van der Waals surface area contributed by atoms with Crippen LogP contribution in [0.5, 0.6) is 5.75 Å². The SMILES string of the molecule is CC(NC(=O)CCCOc1ccccc1F)c1cccc(S(N)(=O)=O)c1. The van der Waals surface area contributed by atoms with E-state index in [9.17, 15) is 17.6 Å². The van der Waals surface area contributed by atoms with Gasteiger partial charge in [-0.05, 0) is 43.2 Å². The lowest BCUT2D eigenvalue weighted by atomic mass is 10.1. The Morgan fingerprint density at radius 3 is 2.65 bits per heavy atom. The summed E-state index contributed by atoms with van der Waals surface area (Å²) in [5, 5.41) is 7.89. The van der Waals surface area contributed by atoms with Crippen molar-refractivity contribution in [1.82, 2.24) is 5.32 Å². The number of ether oxygens (including phenoxy) is 1. The predicted molar refractivity (Wildman–Crippen MR) is 95.5 cm³/mol. The van der Waals surface area contributed by atoms with E-state index in [1.165, 1.54) is 24.3 Å². The fourth-order valence-electron chi connectivity index (χ4n) is 2.33. The molecule has 0 aromatic heterocycles. The Balaban J connectivity index is 1.81. The van der Waals surface area contributed by atoms with Gasteiger partial charge in [0.2, 0.25) is 15.9 Å². The molecule has 0 bridgehead atoms. The summed E-state index contributed by atoms with van der Waals surface area (Å²) < 4.78 is 41.5. The van der Waals surface area contributed by atoms with Crippen LogP contribution >= 0.6 is 0 Å². The molecule has 0 radical (unpaired) electrons. The second kappa shape index (κ2) is 8.77. The highest BCUT2D eigenvalue weighted by Crippen LogP contribution is 2.17. The van der Waals surface area contributed by atoms with Crippen molar-refractivity contribution in [1.29, 1.82) is 0 Å². The van der Waals surface area contributed by atoms with Crippen LogP contribution in [-0.4, -0.2) is 20.9 Å². The molecule has 6 nitrogen and oxygen atoms in total. The van der Waals surface area contributed by atoms with Crippen molar-refractivity contribution in [2.24, 2.45) is 5.14 Å². The van der Waals surface area contributed by atoms with E-state index in [1.807, 2.05) is 0 Å². The lowest BCUT2D eigenvalue weighted by molar-refractivity contribution is -0.121. The van der Waals surface area contributed by atoms with Gasteiger partial charge in [0.05, 0.1) is 17.5 Å². The van der Waals surface area contributed by atoms with Gasteiger partial charge in [0, 0.05) is 6.42 Å². The highest BCUT2D eigenvalue weighted by Gasteiger charge is 2.13. The summed E-state index contributed by atoms with van der Waals surface area (Å²) in [6, 6.07) is 11.8. The summed E-state index contributed by atoms with van der Waals surface area (Å²) in [6.07, 6.45) is 0.623. The van der Waals surface area contributed by atoms with E-state index in [4.69, 9.17) is 9.88 Å². The molecule has 26 heavy (non-hydrogen) atoms. The first-order chi connectivity index (χ1) is 12.3. The lowest BCUT2D eigenvalue weighted by Gasteiger charge is -2.15. The molecule has 2 rings (SSSR count). The zero-order valence-electron chi connectivity index (χ0n) is 14.3. The van der Waals surface area contributed by atoms with Crippen LogP contribution in [0.15, 0.2) is 53.4 Å². The summed E-state index contributed by atoms with van der Waals surface area (Å²) >= 11 is 0. The number of benzene rings is 2. The number of halogens is 1. The minimum Gasteiger partial charge on any atom is -0.491 e. The molecule has 0 aliphatic carbocycles. The lowest BCUT2D eigenvalue weighted by Crippen LogP contribution is -2.27. The van der Waals surface area contributed by atoms with E-state index < -0.39 is 15.8 Å². The van der Waals surface area contributed by atoms with Gasteiger partial charge in [0.15, 0.2) is 11.6 Å². The number of nitrogens with two attached hydrogens (primary N) is 1. The molecule has 2 aromatic rings. The first-order valence-electron chi connectivity index (χ1n) is 8.07. The standard InChI is InChI=1S/C18H21FN2O4S/c1-13(14-6-4-7-15(12-14)26(20,23)24)21-18(22)10-5-11-25-17-9-3-2-8-16(17)19/h2-4,6-9,12-13H,5,10-11H2,1H3,(H,21,22)(H2,20,23,24). The molecule has 8 heteroatoms. The van der Waals surface area contributed by atoms with Crippen LogP contribution in [0.2, 0.25) is 0 Å². The summed E-state index contributed by atoms with van der Waals surface area (Å²) in [7, 11) is -3.79. The van der Waals surface area contributed by atoms with Crippen molar-refractivity contribution in [3.63, 3.8) is 0 Å². The summed E-state index contributed by atoms with van der Waals surface area (Å²) in [6.45, 7) is 1.96. The summed E-state index contributed by atoms with van der Waals surface area (Å²) in [4.78, 5) is 12.0. The van der Waals surface area contributed by atoms with Crippen LogP contribution in [0.4, 0.5) is 4.39 Å². The molecule has 1 amide bonds. The van der Waals surface area contributed by atoms with Gasteiger partial charge in [-0.3, -0.25) is 4.79 Å². The molecule has 0 aliphatic heterocycles. The largest absolute Gasteiger partial charge is 0.491 e. The number of nitrogens with one attached hydrogen (secondary N) is 1. The van der Waals surface area contributed by atoms with Gasteiger partial charge in [-0.2, -0.15) is 0 Å². The predicted octanol–water partition coefficient (Wildman–Crippen LogP) is 2.51. The molecule has 140 valence electrons. The van der Waals surface area contributed by atoms with Crippen LogP contribution < -0.4 is 15.2 Å². The number of hydrogen-bond donors (Lipinski definition) is 2. The van der Waals surface area contributed by atoms with E-state index in [2.05, 4.69) is 5.32 Å². The number of rotatable bonds is 8. The Morgan fingerprint density at radius 1 is 1.23 bits per heavy atom. The molecule has 0 heterocycles. The normalized spacial score (nSPS) is 12.4. The molecule has 0 fully saturated rings. The van der Waals surface area contributed by atoms with Crippen LogP contribution in [0, 0.1) is 5.82 Å². The number of carbonyl (C=O) groups is 1. The number of hydrogen-bond acceptors (Lipinski definition) is 4. The molecular weight excluding hydrogens is 359 g/mol. The van der Waals surface area contributed by atoms with Crippen molar-refractivity contribution in [2.75, 3.05) is 6.61 Å². The zero-order chi connectivity index (χ0) is 19.2. The third kappa shape index (κ3) is 5.82. The van der Waals surface area contributed by atoms with E-state index in [0.717, 1.165) is 0 Å². The van der Waals surface area contributed by atoms with Gasteiger partial charge in [-0.25, -0.2) is 17.9 Å². The van der Waals surface area contributed by atoms with Crippen LogP contribution in [-0.2, 0) is 14.8 Å². The Hall–Kier alpha value is -2.45. The molecule has 0 aliphatic rings. The topological polar surface area (TPSA) is 98.5 Å². The Labute approximate surface area is 152 Å². The maximum atomic E-state index is 13.4. The quantitative estimate of drug-likeness (QED) is 0.688. The third-order valence-electron chi connectivity index (χ3n) is 3.71. The number of sulfonamides is 1. The second-order valence-corrected chi connectivity index (χ2v) is 7.35. The van der Waals surface area contributed by atoms with Gasteiger partial charge >= 0.3 is 0 Å². The van der Waals surface area contributed by atoms with Crippen LogP contribution in [0.1, 0.15) is 31.4 Å². The van der Waals surface area contributed by atoms with Gasteiger partial charge in [0.25, 0.3) is 0 Å². The van der Waals surface area contributed by atoms with Crippen LogP contribution in [0.3, 0.4) is 0 Å². The fourth-order valence-corrected chi connectivity index (χ4v) is 2.90. The summed E-state index contributed by atoms with van der Waals surface area (Å²) in [5.41, 5.74) is 0.632. The second-order valence-electron chi connectivity index (χ2n) is 5.79. The van der Waals surface area contributed by atoms with E-state index in [-0.39, 0.29) is 35.6 Å². The highest BCUT2D eigenvalue weighted by molar-refractivity contribution is 7.89. The molecule has 1 atom stereocenters. The van der Waals surface area contributed by atoms with Gasteiger partial charge in [-0.15, -0.1) is 0 Å². The minimum atomic E-state index is -3.79. The molecule has 2 aromatic carbocycles. The van der Waals surface area contributed by atoms with Crippen molar-refractivity contribution in [3.8, 4) is 5.75 Å². The highest BCUT2D eigenvalue weighted by atomic mass is 32.2. The smallest absolute Gasteiger partial charge is 0.238 e. The maximum Gasteiger partial charge on any atom is 0.238 e. The van der Waals surface area contributed by atoms with Gasteiger partial charge in [0.1, 0.15) is 0 Å². The Morgan fingerprint density at radius 2 is 1.96 bits per heavy atom. The van der Waals surface area contributed by atoms with Crippen LogP contribution in [0.25, 0.3) is 0 Å². The average Bonchev–Trinajstić information content (AvgIpc) is 2.59. The van der Waals surface area contributed by atoms with Crippen molar-refractivity contribution in [2.45, 2.75) is 30.7 Å². The van der Waals surface area contributed by atoms with Gasteiger partial charge < -0.3 is 10.1 Å². The van der Waals surface area contributed by atoms with E-state index in [0.29, 0.717) is 12.0 Å². The number of primary sulfonamides is 1.